The van der Waals surface area contributed by atoms with Crippen LogP contribution in [0.4, 0.5) is 0 Å². The summed E-state index contributed by atoms with van der Waals surface area (Å²) < 4.78 is 1.08. The minimum Gasteiger partial charge on any atom is -0.352 e. The average Bonchev–Trinajstić information content (AvgIpc) is 2.85. The monoisotopic (exact) mass is 370 g/mol. The number of nitrogens with two attached hydrogens (primary N) is 1. The molecule has 0 radical (unpaired) electrons. The van der Waals surface area contributed by atoms with E-state index in [-0.39, 0.29) is 11.8 Å². The number of hydrogen-bond donors (Lipinski definition) is 2. The highest BCUT2D eigenvalue weighted by Gasteiger charge is 2.40. The number of thiophene rings is 1. The molecule has 3 unspecified atom stereocenters. The van der Waals surface area contributed by atoms with E-state index in [2.05, 4.69) is 21.2 Å². The highest BCUT2D eigenvalue weighted by molar-refractivity contribution is 9.11. The lowest BCUT2D eigenvalue weighted by molar-refractivity contribution is -0.124. The number of fused-ring (bicyclic) bond motifs is 2. The van der Waals surface area contributed by atoms with Crippen LogP contribution < -0.4 is 11.1 Å². The van der Waals surface area contributed by atoms with E-state index < -0.39 is 0 Å². The van der Waals surface area contributed by atoms with Gasteiger partial charge in [0.05, 0.1) is 9.70 Å². The van der Waals surface area contributed by atoms with Gasteiger partial charge in [0.25, 0.3) is 0 Å². The molecule has 3 atom stereocenters. The summed E-state index contributed by atoms with van der Waals surface area (Å²) in [6.07, 6.45) is 5.87. The second kappa shape index (κ2) is 6.39. The molecule has 5 heteroatoms. The third-order valence-corrected chi connectivity index (χ3v) is 6.91. The molecule has 2 bridgehead atoms. The highest BCUT2D eigenvalue weighted by atomic mass is 79.9. The summed E-state index contributed by atoms with van der Waals surface area (Å²) in [5.41, 5.74) is 6.16. The molecule has 1 aromatic heterocycles. The smallest absolute Gasteiger partial charge is 0.228 e. The molecule has 2 aliphatic rings. The van der Waals surface area contributed by atoms with Gasteiger partial charge in [-0.05, 0) is 72.5 Å². The Balaban J connectivity index is 1.66. The quantitative estimate of drug-likeness (QED) is 0.853. The second-order valence-corrected chi connectivity index (χ2v) is 9.08. The van der Waals surface area contributed by atoms with Crippen LogP contribution in [0.5, 0.6) is 0 Å². The summed E-state index contributed by atoms with van der Waals surface area (Å²) in [4.78, 5) is 13.7. The number of carbonyl (C=O) groups is 1. The second-order valence-electron chi connectivity index (χ2n) is 6.58. The average molecular weight is 371 g/mol. The van der Waals surface area contributed by atoms with E-state index in [0.29, 0.717) is 23.9 Å². The number of nitrogens with one attached hydrogen (secondary N) is 1. The van der Waals surface area contributed by atoms with E-state index in [1.165, 1.54) is 19.3 Å². The minimum absolute atomic E-state index is 0.0716. The molecule has 116 valence electrons. The predicted molar refractivity (Wildman–Crippen MR) is 90.4 cm³/mol. The molecule has 2 fully saturated rings. The first-order chi connectivity index (χ1) is 10.0. The van der Waals surface area contributed by atoms with Crippen LogP contribution >= 0.6 is 27.3 Å². The fourth-order valence-electron chi connectivity index (χ4n) is 4.00. The molecule has 0 saturated heterocycles. The SMILES string of the molecule is CC(C(=O)NC1C2CCCC1CC(N)C2)c1ccc(Br)s1. The van der Waals surface area contributed by atoms with Gasteiger partial charge in [0.2, 0.25) is 5.91 Å². The summed E-state index contributed by atoms with van der Waals surface area (Å²) in [7, 11) is 0. The molecule has 3 rings (SSSR count). The zero-order valence-electron chi connectivity index (χ0n) is 12.3. The van der Waals surface area contributed by atoms with Gasteiger partial charge in [-0.3, -0.25) is 4.79 Å². The Hall–Kier alpha value is -0.390. The van der Waals surface area contributed by atoms with Gasteiger partial charge in [-0.2, -0.15) is 0 Å². The lowest BCUT2D eigenvalue weighted by atomic mass is 9.67. The van der Waals surface area contributed by atoms with Crippen LogP contribution in [0.1, 0.15) is 49.8 Å². The van der Waals surface area contributed by atoms with Crippen LogP contribution in [0.25, 0.3) is 0 Å². The Morgan fingerprint density at radius 1 is 1.38 bits per heavy atom. The fourth-order valence-corrected chi connectivity index (χ4v) is 5.48. The molecule has 1 heterocycles. The standard InChI is InChI=1S/C16H23BrN2OS/c1-9(13-5-6-14(17)21-13)16(20)19-15-10-3-2-4-11(15)8-12(18)7-10/h5-6,9-12,15H,2-4,7-8,18H2,1H3,(H,19,20). The van der Waals surface area contributed by atoms with Gasteiger partial charge in [0, 0.05) is 17.0 Å². The number of hydrogen-bond acceptors (Lipinski definition) is 3. The Morgan fingerprint density at radius 3 is 2.62 bits per heavy atom. The van der Waals surface area contributed by atoms with Crippen LogP contribution in [-0.4, -0.2) is 18.0 Å². The first kappa shape index (κ1) is 15.5. The van der Waals surface area contributed by atoms with Gasteiger partial charge in [0.1, 0.15) is 0 Å². The highest BCUT2D eigenvalue weighted by Crippen LogP contribution is 2.40. The molecule has 1 amide bonds. The van der Waals surface area contributed by atoms with Crippen molar-refractivity contribution in [3.8, 4) is 0 Å². The van der Waals surface area contributed by atoms with E-state index in [0.717, 1.165) is 21.5 Å². The topological polar surface area (TPSA) is 55.1 Å². The number of carbonyl (C=O) groups excluding carboxylic acids is 1. The molecule has 0 aliphatic heterocycles. The van der Waals surface area contributed by atoms with E-state index in [1.807, 2.05) is 19.1 Å². The van der Waals surface area contributed by atoms with Crippen molar-refractivity contribution < 1.29 is 4.79 Å². The van der Waals surface area contributed by atoms with Crippen molar-refractivity contribution in [1.82, 2.24) is 5.32 Å². The third-order valence-electron chi connectivity index (χ3n) is 5.10. The number of halogens is 1. The van der Waals surface area contributed by atoms with Gasteiger partial charge in [0.15, 0.2) is 0 Å². The molecule has 2 aliphatic carbocycles. The lowest BCUT2D eigenvalue weighted by Crippen LogP contribution is -2.54. The number of rotatable bonds is 3. The summed E-state index contributed by atoms with van der Waals surface area (Å²) >= 11 is 5.11. The van der Waals surface area contributed by atoms with Crippen molar-refractivity contribution in [2.45, 2.75) is 57.0 Å². The van der Waals surface area contributed by atoms with Crippen LogP contribution in [-0.2, 0) is 4.79 Å². The first-order valence-corrected chi connectivity index (χ1v) is 9.46. The fraction of sp³-hybridized carbons (Fsp3) is 0.688. The minimum atomic E-state index is -0.0716. The van der Waals surface area contributed by atoms with Gasteiger partial charge in [-0.1, -0.05) is 6.42 Å². The lowest BCUT2D eigenvalue weighted by Gasteiger charge is -2.45. The Labute approximate surface area is 138 Å². The molecule has 0 aromatic carbocycles. The van der Waals surface area contributed by atoms with E-state index in [4.69, 9.17) is 5.73 Å². The van der Waals surface area contributed by atoms with Crippen molar-refractivity contribution in [2.75, 3.05) is 0 Å². The molecule has 3 nitrogen and oxygen atoms in total. The van der Waals surface area contributed by atoms with Crippen molar-refractivity contribution in [3.63, 3.8) is 0 Å². The van der Waals surface area contributed by atoms with E-state index in [9.17, 15) is 4.79 Å². The maximum atomic E-state index is 12.6. The van der Waals surface area contributed by atoms with E-state index >= 15 is 0 Å². The molecule has 0 spiro atoms. The van der Waals surface area contributed by atoms with Crippen molar-refractivity contribution in [1.29, 1.82) is 0 Å². The predicted octanol–water partition coefficient (Wildman–Crippen LogP) is 3.64. The van der Waals surface area contributed by atoms with Gasteiger partial charge < -0.3 is 11.1 Å². The Bertz CT molecular complexity index is 504. The van der Waals surface area contributed by atoms with Gasteiger partial charge in [-0.15, -0.1) is 11.3 Å². The van der Waals surface area contributed by atoms with E-state index in [1.54, 1.807) is 11.3 Å². The summed E-state index contributed by atoms with van der Waals surface area (Å²) in [5, 5.41) is 3.35. The van der Waals surface area contributed by atoms with Crippen LogP contribution in [0, 0.1) is 11.8 Å². The van der Waals surface area contributed by atoms with Crippen molar-refractivity contribution in [3.05, 3.63) is 20.8 Å². The van der Waals surface area contributed by atoms with Gasteiger partial charge >= 0.3 is 0 Å². The molecule has 1 aromatic rings. The molecule has 3 N–H and O–H groups in total. The molecule has 21 heavy (non-hydrogen) atoms. The zero-order chi connectivity index (χ0) is 15.0. The molecule has 2 saturated carbocycles. The summed E-state index contributed by atoms with van der Waals surface area (Å²) in [6, 6.07) is 4.73. The maximum Gasteiger partial charge on any atom is 0.228 e. The van der Waals surface area contributed by atoms with Crippen LogP contribution in [0.15, 0.2) is 15.9 Å². The molecular formula is C16H23BrN2OS. The third kappa shape index (κ3) is 3.35. The normalized spacial score (nSPS) is 33.5. The largest absolute Gasteiger partial charge is 0.352 e. The maximum absolute atomic E-state index is 12.6. The zero-order valence-corrected chi connectivity index (χ0v) is 14.8. The van der Waals surface area contributed by atoms with Gasteiger partial charge in [-0.25, -0.2) is 0 Å². The Kier molecular flexibility index (Phi) is 4.71. The molecular weight excluding hydrogens is 348 g/mol. The van der Waals surface area contributed by atoms with Crippen LogP contribution in [0.2, 0.25) is 0 Å². The number of amides is 1. The Morgan fingerprint density at radius 2 is 2.05 bits per heavy atom. The van der Waals surface area contributed by atoms with Crippen LogP contribution in [0.3, 0.4) is 0 Å². The summed E-state index contributed by atoms with van der Waals surface area (Å²) in [5.74, 6) is 1.26. The summed E-state index contributed by atoms with van der Waals surface area (Å²) in [6.45, 7) is 2.00. The first-order valence-electron chi connectivity index (χ1n) is 7.85. The van der Waals surface area contributed by atoms with Crippen molar-refractivity contribution in [2.24, 2.45) is 17.6 Å². The van der Waals surface area contributed by atoms with Crippen molar-refractivity contribution >= 4 is 33.2 Å².